The molecule has 5 rings (SSSR count). The Morgan fingerprint density at radius 2 is 1.21 bits per heavy atom. The van der Waals surface area contributed by atoms with Crippen molar-refractivity contribution >= 4 is 0 Å². The van der Waals surface area contributed by atoms with Crippen molar-refractivity contribution in [2.24, 2.45) is 33.5 Å². The van der Waals surface area contributed by atoms with Crippen LogP contribution in [-0.2, 0) is 0 Å². The van der Waals surface area contributed by atoms with Gasteiger partial charge < -0.3 is 0 Å². The molecule has 0 aromatic heterocycles. The van der Waals surface area contributed by atoms with E-state index in [9.17, 15) is 0 Å². The fourth-order valence-corrected chi connectivity index (χ4v) is 7.63. The van der Waals surface area contributed by atoms with Crippen LogP contribution in [0.3, 0.4) is 0 Å². The molecule has 0 radical (unpaired) electrons. The van der Waals surface area contributed by atoms with Crippen molar-refractivity contribution in [3.8, 4) is 0 Å². The van der Waals surface area contributed by atoms with Gasteiger partial charge in [-0.2, -0.15) is 0 Å². The van der Waals surface area contributed by atoms with Crippen LogP contribution in [-0.4, -0.2) is 0 Å². The van der Waals surface area contributed by atoms with Gasteiger partial charge in [-0.3, -0.25) is 0 Å². The first-order chi connectivity index (χ1) is 6.62. The zero-order valence-corrected chi connectivity index (χ0v) is 9.40. The molecule has 6 atom stereocenters. The molecule has 76 valence electrons. The van der Waals surface area contributed by atoms with Crippen molar-refractivity contribution < 1.29 is 0 Å². The predicted octanol–water partition coefficient (Wildman–Crippen LogP) is 3.61. The lowest BCUT2D eigenvalue weighted by Gasteiger charge is -2.68. The van der Waals surface area contributed by atoms with Gasteiger partial charge >= 0.3 is 0 Å². The van der Waals surface area contributed by atoms with Gasteiger partial charge in [0.15, 0.2) is 0 Å². The van der Waals surface area contributed by atoms with Crippen molar-refractivity contribution in [2.75, 3.05) is 0 Å². The van der Waals surface area contributed by atoms with Gasteiger partial charge in [-0.15, -0.1) is 0 Å². The predicted molar refractivity (Wildman–Crippen MR) is 55.8 cm³/mol. The molecule has 0 N–H and O–H groups in total. The van der Waals surface area contributed by atoms with E-state index in [0.29, 0.717) is 0 Å². The van der Waals surface area contributed by atoms with E-state index in [1.54, 1.807) is 38.5 Å². The normalized spacial score (nSPS) is 81.0. The van der Waals surface area contributed by atoms with E-state index in [1.807, 2.05) is 0 Å². The van der Waals surface area contributed by atoms with E-state index in [1.165, 1.54) is 11.8 Å². The monoisotopic (exact) mass is 188 g/mol. The van der Waals surface area contributed by atoms with Crippen LogP contribution in [0.2, 0.25) is 0 Å². The lowest BCUT2D eigenvalue weighted by atomic mass is 9.35. The van der Waals surface area contributed by atoms with Crippen molar-refractivity contribution in [1.82, 2.24) is 0 Å². The highest BCUT2D eigenvalue weighted by Crippen LogP contribution is 3.04. The molecule has 14 heavy (non-hydrogen) atoms. The van der Waals surface area contributed by atoms with E-state index < -0.39 is 0 Å². The minimum Gasteiger partial charge on any atom is -0.0585 e. The highest BCUT2D eigenvalue weighted by atomic mass is 15.0. The molecule has 5 aliphatic carbocycles. The summed E-state index contributed by atoms with van der Waals surface area (Å²) in [5, 5.41) is 0. The molecule has 2 spiro atoms. The Morgan fingerprint density at radius 1 is 0.786 bits per heavy atom. The molecule has 0 bridgehead atoms. The molecule has 0 nitrogen and oxygen atoms in total. The third kappa shape index (κ3) is 0.333. The van der Waals surface area contributed by atoms with Crippen LogP contribution in [0, 0.1) is 33.5 Å². The first-order valence-corrected chi connectivity index (χ1v) is 6.62. The summed E-state index contributed by atoms with van der Waals surface area (Å²) in [6.45, 7) is 5.32. The Morgan fingerprint density at radius 3 is 1.57 bits per heavy atom. The van der Waals surface area contributed by atoms with E-state index >= 15 is 0 Å². The number of rotatable bonds is 0. The fourth-order valence-electron chi connectivity index (χ4n) is 7.63. The van der Waals surface area contributed by atoms with Crippen LogP contribution in [0.15, 0.2) is 0 Å². The summed E-state index contributed by atoms with van der Waals surface area (Å²) in [7, 11) is 0. The average Bonchev–Trinajstić information content (AvgIpc) is 3.03. The van der Waals surface area contributed by atoms with Crippen LogP contribution >= 0.6 is 0 Å². The molecule has 0 heteroatoms. The van der Waals surface area contributed by atoms with E-state index in [4.69, 9.17) is 0 Å². The maximum Gasteiger partial charge on any atom is -0.0142 e. The van der Waals surface area contributed by atoms with Crippen molar-refractivity contribution in [3.63, 3.8) is 0 Å². The maximum absolute atomic E-state index is 2.66. The standard InChI is InChI=1S/C14H20/c1-11-5-3-9-7-13(9,11)14-8-10(14)4-6-12(11,14)2/h9-10H,3-8H2,1-2H3/t9-,10-,11-,12-,13-,14-/m1/s1. The lowest BCUT2D eigenvalue weighted by Crippen LogP contribution is -2.63. The number of hydrogen-bond donors (Lipinski definition) is 0. The molecule has 0 amide bonds. The summed E-state index contributed by atoms with van der Waals surface area (Å²) in [6.07, 6.45) is 9.58. The Labute approximate surface area is 86.5 Å². The number of fused-ring (bicyclic) bond motifs is 1. The zero-order valence-electron chi connectivity index (χ0n) is 9.40. The van der Waals surface area contributed by atoms with Gasteiger partial charge in [0.25, 0.3) is 0 Å². The van der Waals surface area contributed by atoms with Crippen LogP contribution in [0.1, 0.15) is 52.4 Å². The zero-order chi connectivity index (χ0) is 9.40. The maximum atomic E-state index is 2.66. The fraction of sp³-hybridized carbons (Fsp3) is 1.00. The summed E-state index contributed by atoms with van der Waals surface area (Å²) < 4.78 is 0. The van der Waals surface area contributed by atoms with Gasteiger partial charge in [-0.1, -0.05) is 13.8 Å². The topological polar surface area (TPSA) is 0 Å². The average molecular weight is 188 g/mol. The molecular weight excluding hydrogens is 168 g/mol. The molecule has 0 saturated heterocycles. The summed E-state index contributed by atoms with van der Waals surface area (Å²) in [5.74, 6) is 2.37. The molecule has 5 fully saturated rings. The molecule has 0 aromatic rings. The van der Waals surface area contributed by atoms with Crippen LogP contribution in [0.5, 0.6) is 0 Å². The minimum atomic E-state index is 0.788. The first kappa shape index (κ1) is 7.30. The second kappa shape index (κ2) is 1.44. The van der Waals surface area contributed by atoms with Crippen molar-refractivity contribution in [3.05, 3.63) is 0 Å². The van der Waals surface area contributed by atoms with Crippen LogP contribution in [0.4, 0.5) is 0 Å². The summed E-state index contributed by atoms with van der Waals surface area (Å²) in [6, 6.07) is 0. The van der Waals surface area contributed by atoms with Crippen LogP contribution < -0.4 is 0 Å². The Balaban J connectivity index is 1.81. The lowest BCUT2D eigenvalue weighted by molar-refractivity contribution is -0.214. The summed E-state index contributed by atoms with van der Waals surface area (Å²) >= 11 is 0. The van der Waals surface area contributed by atoms with Crippen LogP contribution in [0.25, 0.3) is 0 Å². The Kier molecular flexibility index (Phi) is 0.753. The largest absolute Gasteiger partial charge is 0.0585 e. The molecule has 5 aliphatic rings. The smallest absolute Gasteiger partial charge is 0.0142 e. The molecule has 5 saturated carbocycles. The molecule has 0 aliphatic heterocycles. The highest BCUT2D eigenvalue weighted by molar-refractivity contribution is 5.46. The molecule has 0 unspecified atom stereocenters. The quantitative estimate of drug-likeness (QED) is 0.544. The SMILES string of the molecule is C[C@]12CC[C@@H]3C[C@@]31[C@]13C[C@H]1CC[C@]23C. The van der Waals surface area contributed by atoms with Gasteiger partial charge in [0.05, 0.1) is 0 Å². The summed E-state index contributed by atoms with van der Waals surface area (Å²) in [5.41, 5.74) is 3.40. The van der Waals surface area contributed by atoms with Crippen molar-refractivity contribution in [1.29, 1.82) is 0 Å². The molecular formula is C14H20. The number of hydrogen-bond acceptors (Lipinski definition) is 0. The van der Waals surface area contributed by atoms with Gasteiger partial charge in [0, 0.05) is 0 Å². The van der Waals surface area contributed by atoms with Gasteiger partial charge in [0.1, 0.15) is 0 Å². The van der Waals surface area contributed by atoms with Gasteiger partial charge in [-0.25, -0.2) is 0 Å². The van der Waals surface area contributed by atoms with Gasteiger partial charge in [0.2, 0.25) is 0 Å². The molecule has 0 aromatic carbocycles. The first-order valence-electron chi connectivity index (χ1n) is 6.62. The highest BCUT2D eigenvalue weighted by Gasteiger charge is 2.98. The minimum absolute atomic E-state index is 0.788. The third-order valence-corrected chi connectivity index (χ3v) is 8.18. The summed E-state index contributed by atoms with van der Waals surface area (Å²) in [4.78, 5) is 0. The Hall–Kier alpha value is 0. The second-order valence-electron chi connectivity index (χ2n) is 7.49. The third-order valence-electron chi connectivity index (χ3n) is 8.18. The molecule has 0 heterocycles. The van der Waals surface area contributed by atoms with E-state index in [2.05, 4.69) is 13.8 Å². The van der Waals surface area contributed by atoms with Gasteiger partial charge in [-0.05, 0) is 72.0 Å². The van der Waals surface area contributed by atoms with E-state index in [-0.39, 0.29) is 0 Å². The Bertz CT molecular complexity index is 316. The van der Waals surface area contributed by atoms with Crippen molar-refractivity contribution in [2.45, 2.75) is 52.4 Å². The van der Waals surface area contributed by atoms with E-state index in [0.717, 1.165) is 21.7 Å². The second-order valence-corrected chi connectivity index (χ2v) is 7.49.